The summed E-state index contributed by atoms with van der Waals surface area (Å²) in [6.45, 7) is 8.72. The fourth-order valence-electron chi connectivity index (χ4n) is 0.204. The van der Waals surface area contributed by atoms with Gasteiger partial charge in [0.05, 0.1) is 0 Å². The molecule has 0 bridgehead atoms. The first-order valence-electron chi connectivity index (χ1n) is 3.20. The second-order valence-electron chi connectivity index (χ2n) is 1.69. The average Bonchev–Trinajstić information content (AvgIpc) is 1.66. The third-order valence-electron chi connectivity index (χ3n) is 0.408. The van der Waals surface area contributed by atoms with Crippen LogP contribution < -0.4 is 6.15 Å². The fraction of sp³-hybridized carbons (Fsp3) is 0.857. The van der Waals surface area contributed by atoms with Crippen molar-refractivity contribution in [3.63, 3.8) is 0 Å². The molecular weight excluding hydrogens is 130 g/mol. The predicted molar refractivity (Wildman–Crippen MR) is 43.5 cm³/mol. The lowest BCUT2D eigenvalue weighted by atomic mass is 10.6. The van der Waals surface area contributed by atoms with E-state index in [2.05, 4.69) is 0 Å². The zero-order chi connectivity index (χ0) is 7.70. The van der Waals surface area contributed by atoms with Gasteiger partial charge in [0.2, 0.25) is 0 Å². The Bertz CT molecular complexity index is 58.6. The van der Waals surface area contributed by atoms with Crippen molar-refractivity contribution in [1.82, 2.24) is 6.15 Å². The van der Waals surface area contributed by atoms with Crippen molar-refractivity contribution in [2.75, 3.05) is 13.2 Å². The van der Waals surface area contributed by atoms with Crippen LogP contribution in [0.1, 0.15) is 27.7 Å². The van der Waals surface area contributed by atoms with Gasteiger partial charge in [-0.25, -0.2) is 0 Å². The smallest absolute Gasteiger partial charge is 0.126 e. The molecule has 0 amide bonds. The first-order chi connectivity index (χ1) is 4.15. The van der Waals surface area contributed by atoms with Gasteiger partial charge in [0.1, 0.15) is 5.78 Å². The second kappa shape index (κ2) is 15.8. The van der Waals surface area contributed by atoms with Gasteiger partial charge in [0.15, 0.2) is 0 Å². The number of carbonyl (C=O) groups excluding carboxylic acids is 1. The Morgan fingerprint density at radius 3 is 1.40 bits per heavy atom. The van der Waals surface area contributed by atoms with Gasteiger partial charge < -0.3 is 15.7 Å². The molecule has 0 unspecified atom stereocenters. The number of ketones is 1. The van der Waals surface area contributed by atoms with Crippen molar-refractivity contribution in [3.8, 4) is 0 Å². The van der Waals surface area contributed by atoms with E-state index in [4.69, 9.17) is 4.74 Å². The van der Waals surface area contributed by atoms with Crippen molar-refractivity contribution < 1.29 is 9.53 Å². The van der Waals surface area contributed by atoms with Crippen LogP contribution in [0.25, 0.3) is 0 Å². The Balaban J connectivity index is -0.0000000910. The Kier molecular flexibility index (Phi) is 25.8. The number of carbonyl (C=O) groups is 1. The molecule has 3 nitrogen and oxygen atoms in total. The molecule has 3 N–H and O–H groups in total. The summed E-state index contributed by atoms with van der Waals surface area (Å²) >= 11 is 0. The third kappa shape index (κ3) is 130. The van der Waals surface area contributed by atoms with Gasteiger partial charge in [0, 0.05) is 13.2 Å². The monoisotopic (exact) mass is 149 g/mol. The van der Waals surface area contributed by atoms with Crippen molar-refractivity contribution >= 4 is 5.78 Å². The highest BCUT2D eigenvalue weighted by Gasteiger charge is 1.64. The summed E-state index contributed by atoms with van der Waals surface area (Å²) in [7, 11) is 0. The van der Waals surface area contributed by atoms with Crippen LogP contribution >= 0.6 is 0 Å². The van der Waals surface area contributed by atoms with Crippen LogP contribution in [-0.4, -0.2) is 19.0 Å². The Morgan fingerprint density at radius 2 is 1.40 bits per heavy atom. The van der Waals surface area contributed by atoms with Crippen LogP contribution in [0.5, 0.6) is 0 Å². The van der Waals surface area contributed by atoms with Crippen molar-refractivity contribution in [1.29, 1.82) is 0 Å². The summed E-state index contributed by atoms with van der Waals surface area (Å²) in [5, 5.41) is 0. The lowest BCUT2D eigenvalue weighted by molar-refractivity contribution is -0.114. The van der Waals surface area contributed by atoms with Gasteiger partial charge in [-0.05, 0) is 27.7 Å². The van der Waals surface area contributed by atoms with E-state index in [1.165, 1.54) is 13.8 Å². The van der Waals surface area contributed by atoms with E-state index in [-0.39, 0.29) is 11.9 Å². The Hall–Kier alpha value is -0.410. The third-order valence-corrected chi connectivity index (χ3v) is 0.408. The molecule has 0 radical (unpaired) electrons. The molecule has 0 heterocycles. The van der Waals surface area contributed by atoms with Gasteiger partial charge in [0.25, 0.3) is 0 Å². The summed E-state index contributed by atoms with van der Waals surface area (Å²) in [5.74, 6) is 0.167. The molecule has 10 heavy (non-hydrogen) atoms. The largest absolute Gasteiger partial charge is 0.382 e. The minimum atomic E-state index is 0. The molecule has 64 valence electrons. The van der Waals surface area contributed by atoms with Gasteiger partial charge >= 0.3 is 0 Å². The molecule has 0 saturated heterocycles. The van der Waals surface area contributed by atoms with E-state index in [1.807, 2.05) is 13.8 Å². The molecule has 0 fully saturated rings. The van der Waals surface area contributed by atoms with Crippen molar-refractivity contribution in [2.24, 2.45) is 0 Å². The van der Waals surface area contributed by atoms with Crippen LogP contribution in [0, 0.1) is 0 Å². The molecule has 0 aromatic carbocycles. The molecule has 0 rings (SSSR count). The molecule has 0 aliphatic heterocycles. The summed E-state index contributed by atoms with van der Waals surface area (Å²) in [4.78, 5) is 9.44. The highest BCUT2D eigenvalue weighted by molar-refractivity contribution is 5.72. The molecule has 3 heteroatoms. The van der Waals surface area contributed by atoms with Crippen LogP contribution in [0.4, 0.5) is 0 Å². The fourth-order valence-corrected chi connectivity index (χ4v) is 0.204. The van der Waals surface area contributed by atoms with E-state index in [1.54, 1.807) is 0 Å². The van der Waals surface area contributed by atoms with E-state index in [9.17, 15) is 4.79 Å². The molecule has 0 spiro atoms. The summed E-state index contributed by atoms with van der Waals surface area (Å²) in [6.07, 6.45) is 0. The normalized spacial score (nSPS) is 6.80. The Labute approximate surface area is 63.3 Å². The van der Waals surface area contributed by atoms with E-state index < -0.39 is 0 Å². The molecule has 0 aliphatic carbocycles. The zero-order valence-corrected chi connectivity index (χ0v) is 7.44. The molecule has 0 aliphatic rings. The standard InChI is InChI=1S/C4H10O.C3H6O.H3N/c1-3-5-4-2;1-3(2)4;/h3-4H2,1-2H3;1-2H3;1H3. The minimum Gasteiger partial charge on any atom is -0.382 e. The first kappa shape index (κ1) is 16.3. The summed E-state index contributed by atoms with van der Waals surface area (Å²) in [6, 6.07) is 0. The van der Waals surface area contributed by atoms with E-state index in [0.29, 0.717) is 0 Å². The average molecular weight is 149 g/mol. The summed E-state index contributed by atoms with van der Waals surface area (Å²) < 4.78 is 4.83. The second-order valence-corrected chi connectivity index (χ2v) is 1.69. The predicted octanol–water partition coefficient (Wildman–Crippen LogP) is 1.80. The number of hydrogen-bond donors (Lipinski definition) is 1. The SMILES string of the molecule is CC(C)=O.CCOCC.N. The molecule has 0 saturated carbocycles. The van der Waals surface area contributed by atoms with Crippen LogP contribution in [0.2, 0.25) is 0 Å². The number of hydrogen-bond acceptors (Lipinski definition) is 3. The number of rotatable bonds is 2. The molecule has 0 atom stereocenters. The summed E-state index contributed by atoms with van der Waals surface area (Å²) in [5.41, 5.74) is 0. The number of ether oxygens (including phenoxy) is 1. The zero-order valence-electron chi connectivity index (χ0n) is 7.44. The number of Topliss-reactive ketones (excluding diaryl/α,β-unsaturated/α-hetero) is 1. The van der Waals surface area contributed by atoms with Crippen LogP contribution in [-0.2, 0) is 9.53 Å². The quantitative estimate of drug-likeness (QED) is 0.651. The van der Waals surface area contributed by atoms with E-state index in [0.717, 1.165) is 13.2 Å². The molecule has 0 aromatic heterocycles. The van der Waals surface area contributed by atoms with Crippen molar-refractivity contribution in [3.05, 3.63) is 0 Å². The first-order valence-corrected chi connectivity index (χ1v) is 3.20. The van der Waals surface area contributed by atoms with Crippen LogP contribution in [0.3, 0.4) is 0 Å². The lowest BCUT2D eigenvalue weighted by Gasteiger charge is -1.86. The lowest BCUT2D eigenvalue weighted by Crippen LogP contribution is -1.84. The van der Waals surface area contributed by atoms with Crippen molar-refractivity contribution in [2.45, 2.75) is 27.7 Å². The maximum absolute atomic E-state index is 9.44. The minimum absolute atomic E-state index is 0. The van der Waals surface area contributed by atoms with E-state index >= 15 is 0 Å². The molecule has 0 aromatic rings. The Morgan fingerprint density at radius 1 is 1.20 bits per heavy atom. The highest BCUT2D eigenvalue weighted by atomic mass is 16.5. The molecular formula is C7H19NO2. The topological polar surface area (TPSA) is 61.3 Å². The maximum atomic E-state index is 9.44. The highest BCUT2D eigenvalue weighted by Crippen LogP contribution is 1.64. The van der Waals surface area contributed by atoms with Crippen LogP contribution in [0.15, 0.2) is 0 Å². The van der Waals surface area contributed by atoms with Gasteiger partial charge in [-0.3, -0.25) is 0 Å². The van der Waals surface area contributed by atoms with Gasteiger partial charge in [-0.1, -0.05) is 0 Å². The van der Waals surface area contributed by atoms with Gasteiger partial charge in [-0.15, -0.1) is 0 Å². The maximum Gasteiger partial charge on any atom is 0.126 e. The van der Waals surface area contributed by atoms with Gasteiger partial charge in [-0.2, -0.15) is 0 Å².